The van der Waals surface area contributed by atoms with Crippen molar-refractivity contribution >= 4 is 40.8 Å². The molecule has 178 valence electrons. The maximum atomic E-state index is 14.8. The molecule has 0 aliphatic carbocycles. The zero-order valence-electron chi connectivity index (χ0n) is 18.3. The van der Waals surface area contributed by atoms with Gasteiger partial charge in [-0.25, -0.2) is 4.39 Å². The zero-order valence-corrected chi connectivity index (χ0v) is 19.9. The summed E-state index contributed by atoms with van der Waals surface area (Å²) in [6.07, 6.45) is 0.938. The van der Waals surface area contributed by atoms with Crippen LogP contribution in [-0.4, -0.2) is 50.6 Å². The molecular formula is C22H26F3N5OS2. The predicted octanol–water partition coefficient (Wildman–Crippen LogP) is 5.00. The number of benzene rings is 2. The van der Waals surface area contributed by atoms with Crippen LogP contribution < -0.4 is 25.0 Å². The Balaban J connectivity index is 1.50. The van der Waals surface area contributed by atoms with Crippen molar-refractivity contribution in [1.29, 1.82) is 0 Å². The lowest BCUT2D eigenvalue weighted by atomic mass is 10.2. The smallest absolute Gasteiger partial charge is 0.387 e. The summed E-state index contributed by atoms with van der Waals surface area (Å²) < 4.78 is 48.0. The number of thioether (sulfide) groups is 1. The first-order valence-electron chi connectivity index (χ1n) is 10.5. The fourth-order valence-corrected chi connectivity index (χ4v) is 5.31. The van der Waals surface area contributed by atoms with E-state index in [9.17, 15) is 13.2 Å². The van der Waals surface area contributed by atoms with Gasteiger partial charge < -0.3 is 29.9 Å². The summed E-state index contributed by atoms with van der Waals surface area (Å²) in [5, 5.41) is 8.49. The summed E-state index contributed by atoms with van der Waals surface area (Å²) in [4.78, 5) is 4.63. The molecule has 1 atom stereocenters. The first-order chi connectivity index (χ1) is 15.9. The van der Waals surface area contributed by atoms with E-state index in [1.807, 2.05) is 24.4 Å². The van der Waals surface area contributed by atoms with E-state index in [4.69, 9.17) is 0 Å². The van der Waals surface area contributed by atoms with Gasteiger partial charge >= 0.3 is 6.61 Å². The van der Waals surface area contributed by atoms with E-state index in [2.05, 4.69) is 25.0 Å². The molecule has 2 aromatic rings. The monoisotopic (exact) mass is 497 g/mol. The van der Waals surface area contributed by atoms with Crippen LogP contribution in [0.2, 0.25) is 0 Å². The Morgan fingerprint density at radius 3 is 2.73 bits per heavy atom. The standard InChI is InChI=1S/C22H26F3N5OS2/c1-26-15-7-8-30(11-15)19-10-16(31-22(24)25)4-5-18(19)27-14-3-6-20(17(23)9-14)33-28-21-12-32-13-29(21)2/h3-6,9-10,12,15,22,26-28H,7-8,11,13H2,1-2H3. The highest BCUT2D eigenvalue weighted by Crippen LogP contribution is 2.36. The molecule has 1 fully saturated rings. The third kappa shape index (κ3) is 5.96. The Kier molecular flexibility index (Phi) is 7.71. The van der Waals surface area contributed by atoms with Crippen LogP contribution in [0.5, 0.6) is 5.75 Å². The van der Waals surface area contributed by atoms with Gasteiger partial charge in [0.05, 0.1) is 22.1 Å². The molecule has 0 radical (unpaired) electrons. The lowest BCUT2D eigenvalue weighted by molar-refractivity contribution is -0.0498. The number of likely N-dealkylation sites (N-methyl/N-ethyl adjacent to an activating group) is 1. The number of hydrogen-bond acceptors (Lipinski definition) is 8. The molecule has 0 bridgehead atoms. The molecule has 2 aromatic carbocycles. The molecule has 2 aliphatic rings. The average Bonchev–Trinajstić information content (AvgIpc) is 3.43. The molecule has 0 aromatic heterocycles. The quantitative estimate of drug-likeness (QED) is 0.419. The number of ether oxygens (including phenoxy) is 1. The largest absolute Gasteiger partial charge is 0.435 e. The SMILES string of the molecule is CNC1CCN(c2cc(OC(F)F)ccc2Nc2ccc(SNC3=CSCN3C)c(F)c2)C1. The Labute approximate surface area is 200 Å². The van der Waals surface area contributed by atoms with Gasteiger partial charge in [-0.15, -0.1) is 11.8 Å². The first-order valence-corrected chi connectivity index (χ1v) is 12.3. The van der Waals surface area contributed by atoms with Crippen molar-refractivity contribution in [2.75, 3.05) is 43.3 Å². The molecular weight excluding hydrogens is 471 g/mol. The van der Waals surface area contributed by atoms with Crippen molar-refractivity contribution in [2.45, 2.75) is 24.0 Å². The number of alkyl halides is 2. The third-order valence-corrected chi connectivity index (χ3v) is 7.27. The maximum absolute atomic E-state index is 14.8. The molecule has 2 aliphatic heterocycles. The maximum Gasteiger partial charge on any atom is 0.387 e. The van der Waals surface area contributed by atoms with Gasteiger partial charge in [0.15, 0.2) is 0 Å². The van der Waals surface area contributed by atoms with Gasteiger partial charge in [0, 0.05) is 43.3 Å². The van der Waals surface area contributed by atoms with Crippen LogP contribution in [0, 0.1) is 5.82 Å². The lowest BCUT2D eigenvalue weighted by Gasteiger charge is -2.24. The van der Waals surface area contributed by atoms with E-state index in [0.717, 1.165) is 36.9 Å². The van der Waals surface area contributed by atoms with Crippen molar-refractivity contribution in [3.05, 3.63) is 53.4 Å². The van der Waals surface area contributed by atoms with Crippen molar-refractivity contribution in [2.24, 2.45) is 0 Å². The molecule has 33 heavy (non-hydrogen) atoms. The minimum atomic E-state index is -2.90. The topological polar surface area (TPSA) is 51.8 Å². The van der Waals surface area contributed by atoms with E-state index in [-0.39, 0.29) is 11.6 Å². The van der Waals surface area contributed by atoms with Crippen LogP contribution in [-0.2, 0) is 0 Å². The molecule has 3 N–H and O–H groups in total. The van der Waals surface area contributed by atoms with Gasteiger partial charge in [-0.1, -0.05) is 0 Å². The molecule has 0 spiro atoms. The Hall–Kier alpha value is -2.37. The van der Waals surface area contributed by atoms with Crippen LogP contribution in [0.25, 0.3) is 0 Å². The van der Waals surface area contributed by atoms with Gasteiger partial charge in [0.25, 0.3) is 0 Å². The van der Waals surface area contributed by atoms with Gasteiger partial charge in [-0.05, 0) is 55.7 Å². The number of nitrogens with one attached hydrogen (secondary N) is 3. The van der Waals surface area contributed by atoms with E-state index in [1.165, 1.54) is 24.1 Å². The average molecular weight is 498 g/mol. The highest BCUT2D eigenvalue weighted by atomic mass is 32.2. The fraction of sp³-hybridized carbons (Fsp3) is 0.364. The summed E-state index contributed by atoms with van der Waals surface area (Å²) in [7, 11) is 3.87. The summed E-state index contributed by atoms with van der Waals surface area (Å²) in [5.41, 5.74) is 2.00. The molecule has 0 amide bonds. The number of halogens is 3. The van der Waals surface area contributed by atoms with Gasteiger partial charge in [0.2, 0.25) is 0 Å². The highest BCUT2D eigenvalue weighted by molar-refractivity contribution is 8.02. The minimum absolute atomic E-state index is 0.0896. The van der Waals surface area contributed by atoms with Crippen LogP contribution in [0.15, 0.2) is 52.5 Å². The fourth-order valence-electron chi connectivity index (χ4n) is 3.68. The Morgan fingerprint density at radius 1 is 1.21 bits per heavy atom. The molecule has 6 nitrogen and oxygen atoms in total. The lowest BCUT2D eigenvalue weighted by Crippen LogP contribution is -2.29. The van der Waals surface area contributed by atoms with Gasteiger partial charge in [-0.3, -0.25) is 0 Å². The van der Waals surface area contributed by atoms with Crippen LogP contribution in [0.1, 0.15) is 6.42 Å². The van der Waals surface area contributed by atoms with Crippen LogP contribution in [0.3, 0.4) is 0 Å². The van der Waals surface area contributed by atoms with Gasteiger partial charge in [0.1, 0.15) is 17.4 Å². The molecule has 2 heterocycles. The molecule has 1 saturated heterocycles. The predicted molar refractivity (Wildman–Crippen MR) is 130 cm³/mol. The van der Waals surface area contributed by atoms with E-state index in [0.29, 0.717) is 22.3 Å². The summed E-state index contributed by atoms with van der Waals surface area (Å²) in [6, 6.07) is 10.0. The van der Waals surface area contributed by atoms with Crippen molar-refractivity contribution < 1.29 is 17.9 Å². The summed E-state index contributed by atoms with van der Waals surface area (Å²) in [6.45, 7) is -1.38. The molecule has 11 heteroatoms. The van der Waals surface area contributed by atoms with Crippen LogP contribution >= 0.6 is 23.7 Å². The van der Waals surface area contributed by atoms with Crippen molar-refractivity contribution in [3.63, 3.8) is 0 Å². The van der Waals surface area contributed by atoms with E-state index < -0.39 is 6.61 Å². The highest BCUT2D eigenvalue weighted by Gasteiger charge is 2.24. The van der Waals surface area contributed by atoms with Crippen molar-refractivity contribution in [1.82, 2.24) is 14.9 Å². The number of anilines is 3. The Morgan fingerprint density at radius 2 is 2.06 bits per heavy atom. The van der Waals surface area contributed by atoms with Crippen LogP contribution in [0.4, 0.5) is 30.2 Å². The first kappa shape index (κ1) is 23.8. The molecule has 0 saturated carbocycles. The second kappa shape index (κ2) is 10.7. The van der Waals surface area contributed by atoms with Crippen molar-refractivity contribution in [3.8, 4) is 5.75 Å². The van der Waals surface area contributed by atoms with Gasteiger partial charge in [-0.2, -0.15) is 8.78 Å². The zero-order chi connectivity index (χ0) is 23.4. The minimum Gasteiger partial charge on any atom is -0.435 e. The third-order valence-electron chi connectivity index (χ3n) is 5.48. The second-order valence-corrected chi connectivity index (χ2v) is 9.42. The Bertz CT molecular complexity index is 1010. The molecule has 1 unspecified atom stereocenters. The van der Waals surface area contributed by atoms with E-state index in [1.54, 1.807) is 36.0 Å². The number of hydrogen-bond donors (Lipinski definition) is 3. The summed E-state index contributed by atoms with van der Waals surface area (Å²) >= 11 is 2.89. The molecule has 4 rings (SSSR count). The number of nitrogens with zero attached hydrogens (tertiary/aromatic N) is 2. The number of rotatable bonds is 9. The second-order valence-electron chi connectivity index (χ2n) is 7.75. The van der Waals surface area contributed by atoms with E-state index >= 15 is 0 Å². The normalized spacial score (nSPS) is 18.1. The summed E-state index contributed by atoms with van der Waals surface area (Å²) in [5.74, 6) is 1.53.